The average Bonchev–Trinajstić information content (AvgIpc) is 3.39. The van der Waals surface area contributed by atoms with Gasteiger partial charge in [-0.1, -0.05) is 23.7 Å². The summed E-state index contributed by atoms with van der Waals surface area (Å²) in [7, 11) is 0. The summed E-state index contributed by atoms with van der Waals surface area (Å²) in [5.41, 5.74) is 0.745. The van der Waals surface area contributed by atoms with Crippen LogP contribution in [0.3, 0.4) is 0 Å². The van der Waals surface area contributed by atoms with Crippen molar-refractivity contribution in [2.24, 2.45) is 0 Å². The lowest BCUT2D eigenvalue weighted by atomic mass is 10.2. The van der Waals surface area contributed by atoms with Crippen molar-refractivity contribution in [2.75, 3.05) is 18.4 Å². The Bertz CT molecular complexity index is 978. The third kappa shape index (κ3) is 4.43. The highest BCUT2D eigenvalue weighted by molar-refractivity contribution is 6.33. The highest BCUT2D eigenvalue weighted by Gasteiger charge is 2.18. The lowest BCUT2D eigenvalue weighted by molar-refractivity contribution is 0.0993. The molecule has 8 heteroatoms. The summed E-state index contributed by atoms with van der Waals surface area (Å²) in [5, 5.41) is 7.24. The summed E-state index contributed by atoms with van der Waals surface area (Å²) >= 11 is 6.18. The van der Waals surface area contributed by atoms with E-state index in [9.17, 15) is 9.18 Å². The third-order valence-electron chi connectivity index (χ3n) is 4.65. The maximum Gasteiger partial charge on any atom is 0.292 e. The molecule has 3 aromatic rings. The molecular formula is C20H20ClFN4O2. The van der Waals surface area contributed by atoms with Crippen LogP contribution in [0.5, 0.6) is 0 Å². The fourth-order valence-corrected chi connectivity index (χ4v) is 3.50. The minimum Gasteiger partial charge on any atom is -0.455 e. The van der Waals surface area contributed by atoms with Crippen molar-refractivity contribution in [3.8, 4) is 0 Å². The Morgan fingerprint density at radius 1 is 1.21 bits per heavy atom. The van der Waals surface area contributed by atoms with Gasteiger partial charge in [-0.15, -0.1) is 0 Å². The van der Waals surface area contributed by atoms with Gasteiger partial charge >= 0.3 is 0 Å². The fourth-order valence-electron chi connectivity index (χ4n) is 3.30. The standard InChI is InChI=1S/C20H20ClFN4O2/c21-17-13-26(11-14-4-3-5-15(22)10-14)24-19(17)23-20(27)18-7-6-16(28-18)12-25-8-1-2-9-25/h3-7,10,13H,1-2,8-9,11-12H2,(H,23,24,27). The van der Waals surface area contributed by atoms with Gasteiger partial charge in [0.15, 0.2) is 11.6 Å². The van der Waals surface area contributed by atoms with Crippen LogP contribution in [0.15, 0.2) is 47.0 Å². The zero-order chi connectivity index (χ0) is 19.5. The topological polar surface area (TPSA) is 63.3 Å². The van der Waals surface area contributed by atoms with E-state index in [0.717, 1.165) is 24.4 Å². The van der Waals surface area contributed by atoms with Crippen molar-refractivity contribution in [1.82, 2.24) is 14.7 Å². The molecule has 1 aliphatic heterocycles. The van der Waals surface area contributed by atoms with Crippen molar-refractivity contribution in [2.45, 2.75) is 25.9 Å². The van der Waals surface area contributed by atoms with Crippen LogP contribution in [0.1, 0.15) is 34.7 Å². The Balaban J connectivity index is 1.40. The number of furan rings is 1. The number of benzene rings is 1. The number of nitrogens with one attached hydrogen (secondary N) is 1. The summed E-state index contributed by atoms with van der Waals surface area (Å²) in [6.07, 6.45) is 3.98. The van der Waals surface area contributed by atoms with Gasteiger partial charge in [0.1, 0.15) is 16.6 Å². The minimum atomic E-state index is -0.412. The molecule has 1 amide bonds. The van der Waals surface area contributed by atoms with Gasteiger partial charge in [-0.2, -0.15) is 5.10 Å². The van der Waals surface area contributed by atoms with E-state index in [2.05, 4.69) is 15.3 Å². The van der Waals surface area contributed by atoms with Crippen LogP contribution in [-0.4, -0.2) is 33.7 Å². The Labute approximate surface area is 166 Å². The summed E-state index contributed by atoms with van der Waals surface area (Å²) in [6.45, 7) is 3.16. The number of likely N-dealkylation sites (tertiary alicyclic amines) is 1. The van der Waals surface area contributed by atoms with Crippen LogP contribution in [0.4, 0.5) is 10.2 Å². The molecule has 0 spiro atoms. The highest BCUT2D eigenvalue weighted by Crippen LogP contribution is 2.22. The Kier molecular flexibility index (Phi) is 5.45. The molecule has 0 aliphatic carbocycles. The van der Waals surface area contributed by atoms with Gasteiger partial charge in [0.05, 0.1) is 13.1 Å². The number of amides is 1. The molecule has 0 atom stereocenters. The van der Waals surface area contributed by atoms with Crippen LogP contribution in [0.2, 0.25) is 5.02 Å². The largest absolute Gasteiger partial charge is 0.455 e. The number of hydrogen-bond acceptors (Lipinski definition) is 4. The molecular weight excluding hydrogens is 383 g/mol. The Morgan fingerprint density at radius 3 is 2.82 bits per heavy atom. The summed E-state index contributed by atoms with van der Waals surface area (Å²) in [4.78, 5) is 14.8. The van der Waals surface area contributed by atoms with Crippen molar-refractivity contribution in [3.63, 3.8) is 0 Å². The second-order valence-corrected chi connectivity index (χ2v) is 7.26. The first kappa shape index (κ1) is 18.7. The summed E-state index contributed by atoms with van der Waals surface area (Å²) in [5.74, 6) is 0.484. The van der Waals surface area contributed by atoms with Crippen molar-refractivity contribution < 1.29 is 13.6 Å². The van der Waals surface area contributed by atoms with Crippen LogP contribution in [0, 0.1) is 5.82 Å². The van der Waals surface area contributed by atoms with Crippen molar-refractivity contribution >= 4 is 23.3 Å². The van der Waals surface area contributed by atoms with E-state index < -0.39 is 5.91 Å². The lowest BCUT2D eigenvalue weighted by Crippen LogP contribution is -2.18. The van der Waals surface area contributed by atoms with Gasteiger partial charge < -0.3 is 9.73 Å². The maximum atomic E-state index is 13.3. The Hall–Kier alpha value is -2.64. The molecule has 1 fully saturated rings. The molecule has 6 nitrogen and oxygen atoms in total. The van der Waals surface area contributed by atoms with E-state index in [-0.39, 0.29) is 17.4 Å². The SMILES string of the molecule is O=C(Nc1nn(Cc2cccc(F)c2)cc1Cl)c1ccc(CN2CCCC2)o1. The number of rotatable bonds is 6. The number of aromatic nitrogens is 2. The smallest absolute Gasteiger partial charge is 0.292 e. The van der Waals surface area contributed by atoms with Gasteiger partial charge in [-0.25, -0.2) is 4.39 Å². The van der Waals surface area contributed by atoms with Crippen molar-refractivity contribution in [1.29, 1.82) is 0 Å². The van der Waals surface area contributed by atoms with E-state index in [1.54, 1.807) is 29.1 Å². The molecule has 0 bridgehead atoms. The summed E-state index contributed by atoms with van der Waals surface area (Å²) < 4.78 is 20.5. The number of halogens is 2. The second-order valence-electron chi connectivity index (χ2n) is 6.86. The van der Waals surface area contributed by atoms with Crippen molar-refractivity contribution in [3.05, 3.63) is 70.5 Å². The normalized spacial score (nSPS) is 14.5. The number of carbonyl (C=O) groups is 1. The number of carbonyl (C=O) groups excluding carboxylic acids is 1. The van der Waals surface area contributed by atoms with Crippen LogP contribution >= 0.6 is 11.6 Å². The van der Waals surface area contributed by atoms with E-state index in [1.165, 1.54) is 25.0 Å². The monoisotopic (exact) mass is 402 g/mol. The van der Waals surface area contributed by atoms with E-state index in [4.69, 9.17) is 16.0 Å². The van der Waals surface area contributed by atoms with Gasteiger partial charge in [0, 0.05) is 6.20 Å². The molecule has 2 aromatic heterocycles. The zero-order valence-corrected chi connectivity index (χ0v) is 16.0. The molecule has 4 rings (SSSR count). The molecule has 3 heterocycles. The molecule has 0 saturated carbocycles. The first-order valence-corrected chi connectivity index (χ1v) is 9.54. The lowest BCUT2D eigenvalue weighted by Gasteiger charge is -2.11. The average molecular weight is 403 g/mol. The van der Waals surface area contributed by atoms with Crippen LogP contribution < -0.4 is 5.32 Å². The molecule has 146 valence electrons. The quantitative estimate of drug-likeness (QED) is 0.672. The van der Waals surface area contributed by atoms with Gasteiger partial charge in [0.25, 0.3) is 5.91 Å². The van der Waals surface area contributed by atoms with Gasteiger partial charge in [-0.05, 0) is 55.8 Å². The maximum absolute atomic E-state index is 13.3. The number of nitrogens with zero attached hydrogens (tertiary/aromatic N) is 3. The molecule has 1 saturated heterocycles. The van der Waals surface area contributed by atoms with Crippen LogP contribution in [0.25, 0.3) is 0 Å². The predicted molar refractivity (Wildman–Crippen MR) is 104 cm³/mol. The third-order valence-corrected chi connectivity index (χ3v) is 4.92. The number of hydrogen-bond donors (Lipinski definition) is 1. The molecule has 1 aliphatic rings. The van der Waals surface area contributed by atoms with E-state index >= 15 is 0 Å². The molecule has 28 heavy (non-hydrogen) atoms. The summed E-state index contributed by atoms with van der Waals surface area (Å²) in [6, 6.07) is 9.71. The zero-order valence-electron chi connectivity index (χ0n) is 15.2. The van der Waals surface area contributed by atoms with E-state index in [0.29, 0.717) is 18.1 Å². The molecule has 1 aromatic carbocycles. The molecule has 0 unspecified atom stereocenters. The first-order chi connectivity index (χ1) is 13.6. The number of anilines is 1. The molecule has 1 N–H and O–H groups in total. The van der Waals surface area contributed by atoms with Gasteiger partial charge in [-0.3, -0.25) is 14.4 Å². The van der Waals surface area contributed by atoms with Gasteiger partial charge in [0.2, 0.25) is 0 Å². The molecule has 0 radical (unpaired) electrons. The van der Waals surface area contributed by atoms with E-state index in [1.807, 2.05) is 6.07 Å². The Morgan fingerprint density at radius 2 is 2.04 bits per heavy atom. The minimum absolute atomic E-state index is 0.213. The van der Waals surface area contributed by atoms with Crippen LogP contribution in [-0.2, 0) is 13.1 Å². The highest BCUT2D eigenvalue weighted by atomic mass is 35.5. The fraction of sp³-hybridized carbons (Fsp3) is 0.300. The first-order valence-electron chi connectivity index (χ1n) is 9.16. The predicted octanol–water partition coefficient (Wildman–Crippen LogP) is 4.17. The second kappa shape index (κ2) is 8.16.